The quantitative estimate of drug-likeness (QED) is 0.209. The van der Waals surface area contributed by atoms with E-state index in [0.29, 0.717) is 26.2 Å². The van der Waals surface area contributed by atoms with Crippen LogP contribution in [0.4, 0.5) is 17.3 Å². The van der Waals surface area contributed by atoms with E-state index in [1.807, 2.05) is 64.9 Å². The van der Waals surface area contributed by atoms with E-state index in [9.17, 15) is 9.59 Å². The lowest BCUT2D eigenvalue weighted by Crippen LogP contribution is -2.55. The van der Waals surface area contributed by atoms with Crippen molar-refractivity contribution in [2.24, 2.45) is 11.8 Å². The van der Waals surface area contributed by atoms with Crippen molar-refractivity contribution >= 4 is 40.4 Å². The number of ether oxygens (including phenoxy) is 1. The summed E-state index contributed by atoms with van der Waals surface area (Å²) in [4.78, 5) is 44.2. The van der Waals surface area contributed by atoms with E-state index in [0.717, 1.165) is 104 Å². The van der Waals surface area contributed by atoms with Gasteiger partial charge in [0.05, 0.1) is 48.8 Å². The normalized spacial score (nSPS) is 20.4. The highest BCUT2D eigenvalue weighted by molar-refractivity contribution is 5.96. The van der Waals surface area contributed by atoms with Crippen LogP contribution in [-0.2, 0) is 35.3 Å². The zero-order valence-corrected chi connectivity index (χ0v) is 34.1. The number of nitrogens with one attached hydrogen (secondary N) is 3. The first kappa shape index (κ1) is 37.0. The van der Waals surface area contributed by atoms with E-state index in [1.54, 1.807) is 12.0 Å². The molecule has 1 aliphatic carbocycles. The Kier molecular flexibility index (Phi) is 9.18. The highest BCUT2D eigenvalue weighted by atomic mass is 16.5. The van der Waals surface area contributed by atoms with E-state index in [1.165, 1.54) is 27.8 Å². The molecule has 2 atom stereocenters. The minimum absolute atomic E-state index is 0.0236. The van der Waals surface area contributed by atoms with Crippen molar-refractivity contribution in [1.29, 1.82) is 0 Å². The van der Waals surface area contributed by atoms with Gasteiger partial charge in [0, 0.05) is 87.6 Å². The maximum absolute atomic E-state index is 13.9. The molecule has 5 aliphatic rings. The van der Waals surface area contributed by atoms with Gasteiger partial charge in [0.1, 0.15) is 17.4 Å². The summed E-state index contributed by atoms with van der Waals surface area (Å²) in [6.45, 7) is 5.96. The summed E-state index contributed by atoms with van der Waals surface area (Å²) >= 11 is 0. The molecule has 60 heavy (non-hydrogen) atoms. The molecule has 2 amide bonds. The van der Waals surface area contributed by atoms with E-state index in [-0.39, 0.29) is 35.6 Å². The molecule has 6 aromatic rings. The predicted molar refractivity (Wildman–Crippen MR) is 228 cm³/mol. The maximum atomic E-state index is 13.9. The van der Waals surface area contributed by atoms with Crippen LogP contribution in [0, 0.1) is 11.8 Å². The molecule has 4 aliphatic heterocycles. The van der Waals surface area contributed by atoms with Gasteiger partial charge in [0.25, 0.3) is 0 Å². The fourth-order valence-electron chi connectivity index (χ4n) is 10.3. The third kappa shape index (κ3) is 6.16. The number of carbonyl (C=O) groups excluding carboxylic acids is 2. The second-order valence-corrected chi connectivity index (χ2v) is 16.9. The number of hydrogen-bond donors (Lipinski definition) is 3. The third-order valence-corrected chi connectivity index (χ3v) is 13.5. The van der Waals surface area contributed by atoms with Crippen LogP contribution in [0.2, 0.25) is 0 Å². The average molecular weight is 807 g/mol. The first-order valence-electron chi connectivity index (χ1n) is 21.4. The van der Waals surface area contributed by atoms with Gasteiger partial charge in [-0.2, -0.15) is 19.2 Å². The molecule has 15 nitrogen and oxygen atoms in total. The number of rotatable bonds is 8. The van der Waals surface area contributed by atoms with Gasteiger partial charge in [-0.3, -0.25) is 9.59 Å². The van der Waals surface area contributed by atoms with Crippen molar-refractivity contribution in [1.82, 2.24) is 45.1 Å². The zero-order chi connectivity index (χ0) is 40.5. The Hall–Kier alpha value is -6.06. The highest BCUT2D eigenvalue weighted by Crippen LogP contribution is 2.42. The molecular formula is C45H50N12O3. The van der Waals surface area contributed by atoms with E-state index in [2.05, 4.69) is 49.0 Å². The number of anilines is 3. The summed E-state index contributed by atoms with van der Waals surface area (Å²) in [5.74, 6) is 2.90. The molecule has 15 heteroatoms. The van der Waals surface area contributed by atoms with Crippen LogP contribution in [0.5, 0.6) is 5.75 Å². The average Bonchev–Trinajstić information content (AvgIpc) is 3.92. The predicted octanol–water partition coefficient (Wildman–Crippen LogP) is 3.09. The van der Waals surface area contributed by atoms with Crippen LogP contribution >= 0.6 is 0 Å². The number of nitrogens with zero attached hydrogens (tertiary/aromatic N) is 9. The Balaban J connectivity index is 0.819. The molecule has 8 heterocycles. The molecule has 0 spiro atoms. The van der Waals surface area contributed by atoms with Gasteiger partial charge < -0.3 is 35.4 Å². The molecule has 11 rings (SSSR count). The molecule has 2 saturated heterocycles. The number of carbonyl (C=O) groups is 2. The van der Waals surface area contributed by atoms with Gasteiger partial charge >= 0.3 is 0 Å². The summed E-state index contributed by atoms with van der Waals surface area (Å²) < 4.78 is 9.22. The molecule has 308 valence electrons. The number of fused-ring (bicyclic) bond motifs is 5. The molecule has 2 aromatic carbocycles. The number of benzene rings is 2. The summed E-state index contributed by atoms with van der Waals surface area (Å²) in [6.07, 6.45) is 7.99. The monoisotopic (exact) mass is 806 g/mol. The van der Waals surface area contributed by atoms with Crippen LogP contribution in [-0.4, -0.2) is 108 Å². The maximum Gasteiger partial charge on any atom is 0.233 e. The minimum atomic E-state index is -0.130. The van der Waals surface area contributed by atoms with Crippen LogP contribution in [0.1, 0.15) is 57.6 Å². The second-order valence-electron chi connectivity index (χ2n) is 16.9. The van der Waals surface area contributed by atoms with Gasteiger partial charge in [0.15, 0.2) is 11.3 Å². The molecule has 0 bridgehead atoms. The molecule has 0 saturated carbocycles. The lowest BCUT2D eigenvalue weighted by atomic mass is 9.87. The van der Waals surface area contributed by atoms with Gasteiger partial charge in [-0.1, -0.05) is 18.2 Å². The van der Waals surface area contributed by atoms with Crippen LogP contribution in [0.15, 0.2) is 67.0 Å². The summed E-state index contributed by atoms with van der Waals surface area (Å²) in [5.41, 5.74) is 10.9. The highest BCUT2D eigenvalue weighted by Gasteiger charge is 2.41. The van der Waals surface area contributed by atoms with Gasteiger partial charge in [-0.25, -0.2) is 9.97 Å². The SMILES string of the molecule is COc1ccc(N(C)C(=O)C2CN(c3c4c(nc5ccnn35)C(c3cccc5c3CCC5NC(=O)C3CN(c5c6c(nc7ccnn57)CCNCC6)C3)CNCC4)C2)cc1. The number of aromatic nitrogens is 6. The molecule has 3 N–H and O–H groups in total. The molecule has 2 unspecified atom stereocenters. The van der Waals surface area contributed by atoms with E-state index in [4.69, 9.17) is 19.8 Å². The van der Waals surface area contributed by atoms with E-state index >= 15 is 0 Å². The molecule has 4 aromatic heterocycles. The van der Waals surface area contributed by atoms with Gasteiger partial charge in [-0.05, 0) is 79.7 Å². The van der Waals surface area contributed by atoms with Crippen molar-refractivity contribution < 1.29 is 14.3 Å². The van der Waals surface area contributed by atoms with Crippen molar-refractivity contribution in [3.8, 4) is 5.75 Å². The summed E-state index contributed by atoms with van der Waals surface area (Å²) in [5, 5.41) is 20.1. The Bertz CT molecular complexity index is 2630. The fraction of sp³-hybridized carbons (Fsp3) is 0.422. The summed E-state index contributed by atoms with van der Waals surface area (Å²) in [6, 6.07) is 18.1. The Morgan fingerprint density at radius 2 is 1.42 bits per heavy atom. The zero-order valence-electron chi connectivity index (χ0n) is 34.1. The van der Waals surface area contributed by atoms with Crippen LogP contribution in [0.3, 0.4) is 0 Å². The number of methoxy groups -OCH3 is 1. The molecular weight excluding hydrogens is 757 g/mol. The summed E-state index contributed by atoms with van der Waals surface area (Å²) in [7, 11) is 3.48. The van der Waals surface area contributed by atoms with Gasteiger partial charge in [-0.15, -0.1) is 0 Å². The largest absolute Gasteiger partial charge is 0.497 e. The van der Waals surface area contributed by atoms with Crippen molar-refractivity contribution in [2.75, 3.05) is 81.2 Å². The van der Waals surface area contributed by atoms with Crippen molar-refractivity contribution in [3.05, 3.63) is 106 Å². The first-order valence-corrected chi connectivity index (χ1v) is 21.4. The van der Waals surface area contributed by atoms with Crippen LogP contribution < -0.4 is 35.4 Å². The fourth-order valence-corrected chi connectivity index (χ4v) is 10.3. The standard InChI is InChI=1S/C45H50N12O3/c1-53(29-6-8-30(60-2)9-7-29)45(59)28-25-55(26-28)44-35-13-18-47-22-36(41(35)52-40-16-21-49-57(40)44)31-4-3-5-33-32(31)10-11-37(33)51-42(58)27-23-54(24-27)43-34-12-17-46-19-14-38(34)50-39-15-20-48-56(39)43/h3-9,15-16,20-21,27-28,36-37,46-47H,10-14,17-19,22-26H2,1-2H3,(H,51,58). The number of amides is 2. The smallest absolute Gasteiger partial charge is 0.233 e. The van der Waals surface area contributed by atoms with Gasteiger partial charge in [0.2, 0.25) is 11.8 Å². The topological polar surface area (TPSA) is 150 Å². The minimum Gasteiger partial charge on any atom is -0.497 e. The Morgan fingerprint density at radius 1 is 0.750 bits per heavy atom. The number of hydrogen-bond acceptors (Lipinski definition) is 11. The Labute approximate surface area is 348 Å². The third-order valence-electron chi connectivity index (χ3n) is 13.5. The lowest BCUT2D eigenvalue weighted by Gasteiger charge is -2.42. The van der Waals surface area contributed by atoms with E-state index < -0.39 is 0 Å². The second kappa shape index (κ2) is 14.9. The first-order chi connectivity index (χ1) is 29.4. The molecule has 0 radical (unpaired) electrons. The van der Waals surface area contributed by atoms with Crippen molar-refractivity contribution in [2.45, 2.75) is 44.1 Å². The molecule has 2 fully saturated rings. The Morgan fingerprint density at radius 3 is 2.18 bits per heavy atom. The van der Waals surface area contributed by atoms with Crippen LogP contribution in [0.25, 0.3) is 11.3 Å². The lowest BCUT2D eigenvalue weighted by molar-refractivity contribution is -0.126. The van der Waals surface area contributed by atoms with Crippen molar-refractivity contribution in [3.63, 3.8) is 0 Å².